The van der Waals surface area contributed by atoms with Gasteiger partial charge in [-0.3, -0.25) is 10.1 Å². The van der Waals surface area contributed by atoms with Crippen LogP contribution >= 0.6 is 11.5 Å². The van der Waals surface area contributed by atoms with Gasteiger partial charge in [0.05, 0.1) is 16.7 Å². The van der Waals surface area contributed by atoms with Crippen LogP contribution in [0.3, 0.4) is 0 Å². The zero-order valence-corrected chi connectivity index (χ0v) is 10.8. The zero-order valence-electron chi connectivity index (χ0n) is 9.95. The number of nitro benzene ring substituents is 1. The molecule has 0 aliphatic carbocycles. The largest absolute Gasteiger partial charge is 0.477 e. The number of anilines is 2. The summed E-state index contributed by atoms with van der Waals surface area (Å²) in [5, 5.41) is 22.4. The molecule has 104 valence electrons. The average Bonchev–Trinajstić information content (AvgIpc) is 2.76. The van der Waals surface area contributed by atoms with Crippen LogP contribution in [-0.2, 0) is 0 Å². The fraction of sp³-hybridized carbons (Fsp3) is 0.100. The lowest BCUT2D eigenvalue weighted by Crippen LogP contribution is -2.05. The highest BCUT2D eigenvalue weighted by Crippen LogP contribution is 2.28. The second-order valence-electron chi connectivity index (χ2n) is 3.68. The molecule has 2 aromatic rings. The molecular weight excluding hydrogens is 291 g/mol. The summed E-state index contributed by atoms with van der Waals surface area (Å²) < 4.78 is 17.6. The monoisotopic (exact) mass is 298 g/mol. The molecule has 10 heteroatoms. The van der Waals surface area contributed by atoms with E-state index in [0.717, 1.165) is 17.6 Å². The highest BCUT2D eigenvalue weighted by molar-refractivity contribution is 7.09. The first-order valence-electron chi connectivity index (χ1n) is 5.17. The molecule has 0 aliphatic rings. The number of aryl methyl sites for hydroxylation is 1. The number of benzene rings is 1. The van der Waals surface area contributed by atoms with Crippen LogP contribution in [0.15, 0.2) is 12.1 Å². The summed E-state index contributed by atoms with van der Waals surface area (Å²) in [6.07, 6.45) is 0. The van der Waals surface area contributed by atoms with Crippen LogP contribution in [0, 0.1) is 22.9 Å². The van der Waals surface area contributed by atoms with Crippen molar-refractivity contribution in [1.82, 2.24) is 9.36 Å². The maximum Gasteiger partial charge on any atom is 0.342 e. The van der Waals surface area contributed by atoms with E-state index in [2.05, 4.69) is 14.7 Å². The molecule has 1 heterocycles. The quantitative estimate of drug-likeness (QED) is 0.656. The highest BCUT2D eigenvalue weighted by Gasteiger charge is 2.23. The molecule has 0 unspecified atom stereocenters. The van der Waals surface area contributed by atoms with Gasteiger partial charge in [0.2, 0.25) is 5.13 Å². The van der Waals surface area contributed by atoms with Crippen molar-refractivity contribution in [2.24, 2.45) is 0 Å². The van der Waals surface area contributed by atoms with E-state index in [9.17, 15) is 19.3 Å². The number of hydrogen-bond donors (Lipinski definition) is 2. The number of nitrogens with zero attached hydrogens (tertiary/aromatic N) is 3. The number of rotatable bonds is 4. The molecule has 1 aromatic heterocycles. The summed E-state index contributed by atoms with van der Waals surface area (Å²) in [5.41, 5.74) is -1.64. The molecular formula is C10H7FN4O4S. The molecule has 0 spiro atoms. The van der Waals surface area contributed by atoms with Gasteiger partial charge in [-0.2, -0.15) is 4.37 Å². The summed E-state index contributed by atoms with van der Waals surface area (Å²) in [6.45, 7) is 1.64. The van der Waals surface area contributed by atoms with Gasteiger partial charge in [0.25, 0.3) is 5.69 Å². The van der Waals surface area contributed by atoms with Gasteiger partial charge >= 0.3 is 5.97 Å². The molecule has 8 nitrogen and oxygen atoms in total. The van der Waals surface area contributed by atoms with Gasteiger partial charge in [-0.1, -0.05) is 0 Å². The van der Waals surface area contributed by atoms with Crippen molar-refractivity contribution in [2.45, 2.75) is 6.92 Å². The zero-order chi connectivity index (χ0) is 14.9. The number of hydrogen-bond acceptors (Lipinski definition) is 7. The normalized spacial score (nSPS) is 10.3. The Morgan fingerprint density at radius 3 is 2.75 bits per heavy atom. The third kappa shape index (κ3) is 2.69. The van der Waals surface area contributed by atoms with Crippen molar-refractivity contribution in [1.29, 1.82) is 0 Å². The van der Waals surface area contributed by atoms with Crippen molar-refractivity contribution in [3.05, 3.63) is 39.5 Å². The summed E-state index contributed by atoms with van der Waals surface area (Å²) in [5.74, 6) is -2.00. The average molecular weight is 298 g/mol. The molecule has 0 aliphatic heterocycles. The molecule has 0 saturated heterocycles. The molecule has 0 fully saturated rings. The lowest BCUT2D eigenvalue weighted by atomic mass is 10.1. The lowest BCUT2D eigenvalue weighted by molar-refractivity contribution is -0.385. The molecule has 0 atom stereocenters. The summed E-state index contributed by atoms with van der Waals surface area (Å²) in [6, 6.07) is 1.41. The molecule has 1 aromatic carbocycles. The predicted octanol–water partition coefficient (Wildman–Crippen LogP) is 2.34. The number of carboxylic acids is 1. The van der Waals surface area contributed by atoms with Gasteiger partial charge < -0.3 is 10.4 Å². The third-order valence-corrected chi connectivity index (χ3v) is 3.00. The van der Waals surface area contributed by atoms with E-state index >= 15 is 0 Å². The topological polar surface area (TPSA) is 118 Å². The Hall–Kier alpha value is -2.62. The minimum atomic E-state index is -1.52. The van der Waals surface area contributed by atoms with E-state index < -0.39 is 28.0 Å². The Labute approximate surface area is 115 Å². The van der Waals surface area contributed by atoms with E-state index in [1.54, 1.807) is 6.92 Å². The number of aromatic carboxylic acids is 1. The summed E-state index contributed by atoms with van der Waals surface area (Å²) >= 11 is 0.958. The Kier molecular flexibility index (Phi) is 3.57. The van der Waals surface area contributed by atoms with Crippen molar-refractivity contribution in [3.8, 4) is 0 Å². The number of carboxylic acid groups (broad SMARTS) is 1. The molecule has 2 rings (SSSR count). The second kappa shape index (κ2) is 5.17. The molecule has 20 heavy (non-hydrogen) atoms. The minimum Gasteiger partial charge on any atom is -0.477 e. The third-order valence-electron chi connectivity index (χ3n) is 2.28. The van der Waals surface area contributed by atoms with Gasteiger partial charge in [-0.05, 0) is 13.0 Å². The van der Waals surface area contributed by atoms with Crippen molar-refractivity contribution in [2.75, 3.05) is 5.32 Å². The summed E-state index contributed by atoms with van der Waals surface area (Å²) in [4.78, 5) is 24.6. The van der Waals surface area contributed by atoms with Crippen molar-refractivity contribution in [3.63, 3.8) is 0 Å². The molecule has 0 radical (unpaired) electrons. The molecule has 2 N–H and O–H groups in total. The SMILES string of the molecule is Cc1nsc(Nc2cc(C(=O)O)c([N+](=O)[O-])cc2F)n1. The maximum absolute atomic E-state index is 13.7. The van der Waals surface area contributed by atoms with Crippen molar-refractivity contribution < 1.29 is 19.2 Å². The fourth-order valence-corrected chi connectivity index (χ4v) is 2.03. The first-order chi connectivity index (χ1) is 9.38. The number of halogens is 1. The van der Waals surface area contributed by atoms with Crippen LogP contribution in [-0.4, -0.2) is 25.4 Å². The van der Waals surface area contributed by atoms with Crippen LogP contribution in [0.5, 0.6) is 0 Å². The van der Waals surface area contributed by atoms with E-state index in [1.807, 2.05) is 0 Å². The Bertz CT molecular complexity index is 703. The van der Waals surface area contributed by atoms with Gasteiger partial charge in [0, 0.05) is 11.5 Å². The highest BCUT2D eigenvalue weighted by atomic mass is 32.1. The lowest BCUT2D eigenvalue weighted by Gasteiger charge is -2.06. The van der Waals surface area contributed by atoms with E-state index in [-0.39, 0.29) is 10.8 Å². The maximum atomic E-state index is 13.7. The van der Waals surface area contributed by atoms with E-state index in [4.69, 9.17) is 5.11 Å². The van der Waals surface area contributed by atoms with Gasteiger partial charge in [-0.25, -0.2) is 14.2 Å². The van der Waals surface area contributed by atoms with Gasteiger partial charge in [0.15, 0.2) is 5.82 Å². The first-order valence-corrected chi connectivity index (χ1v) is 5.94. The number of aromatic nitrogens is 2. The standard InChI is InChI=1S/C10H7FN4O4S/c1-4-12-10(20-14-4)13-7-2-5(9(16)17)8(15(18)19)3-6(7)11/h2-3H,1H3,(H,16,17)(H,12,13,14). The Morgan fingerprint density at radius 2 is 2.25 bits per heavy atom. The smallest absolute Gasteiger partial charge is 0.342 e. The molecule has 0 saturated carbocycles. The van der Waals surface area contributed by atoms with Crippen LogP contribution in [0.1, 0.15) is 16.2 Å². The van der Waals surface area contributed by atoms with Crippen LogP contribution < -0.4 is 5.32 Å². The fourth-order valence-electron chi connectivity index (χ4n) is 1.44. The van der Waals surface area contributed by atoms with E-state index in [0.29, 0.717) is 11.9 Å². The second-order valence-corrected chi connectivity index (χ2v) is 4.44. The van der Waals surface area contributed by atoms with Gasteiger partial charge in [-0.15, -0.1) is 0 Å². The van der Waals surface area contributed by atoms with Crippen LogP contribution in [0.2, 0.25) is 0 Å². The molecule has 0 amide bonds. The Morgan fingerprint density at radius 1 is 1.55 bits per heavy atom. The summed E-state index contributed by atoms with van der Waals surface area (Å²) in [7, 11) is 0. The van der Waals surface area contributed by atoms with Gasteiger partial charge in [0.1, 0.15) is 11.4 Å². The molecule has 0 bridgehead atoms. The number of nitro groups is 1. The first kappa shape index (κ1) is 13.8. The van der Waals surface area contributed by atoms with Crippen LogP contribution in [0.4, 0.5) is 20.9 Å². The number of nitrogens with one attached hydrogen (secondary N) is 1. The van der Waals surface area contributed by atoms with E-state index in [1.165, 1.54) is 0 Å². The minimum absolute atomic E-state index is 0.218. The predicted molar refractivity (Wildman–Crippen MR) is 67.9 cm³/mol. The van der Waals surface area contributed by atoms with Crippen LogP contribution in [0.25, 0.3) is 0 Å². The Balaban J connectivity index is 2.46. The van der Waals surface area contributed by atoms with Crippen molar-refractivity contribution >= 4 is 34.0 Å². The number of carbonyl (C=O) groups is 1.